The number of rotatable bonds is 7. The van der Waals surface area contributed by atoms with Crippen molar-refractivity contribution >= 4 is 24.6 Å². The van der Waals surface area contributed by atoms with Crippen molar-refractivity contribution < 1.29 is 18.7 Å². The molecule has 0 heterocycles. The predicted molar refractivity (Wildman–Crippen MR) is 95.5 cm³/mol. The van der Waals surface area contributed by atoms with Crippen molar-refractivity contribution in [2.45, 2.75) is 19.5 Å². The summed E-state index contributed by atoms with van der Waals surface area (Å²) in [6, 6.07) is 10.4. The molecule has 0 aliphatic rings. The average Bonchev–Trinajstić information content (AvgIpc) is 2.58. The molecule has 134 valence electrons. The van der Waals surface area contributed by atoms with Gasteiger partial charge in [-0.05, 0) is 30.7 Å². The second-order valence-electron chi connectivity index (χ2n) is 5.42. The maximum Gasteiger partial charge on any atom is 0.240 e. The first-order chi connectivity index (χ1) is 11.5. The summed E-state index contributed by atoms with van der Waals surface area (Å²) in [6.45, 7) is 1.79. The number of halogens is 2. The van der Waals surface area contributed by atoms with E-state index in [1.807, 2.05) is 0 Å². The third-order valence-electron chi connectivity index (χ3n) is 3.42. The van der Waals surface area contributed by atoms with Crippen molar-refractivity contribution in [2.75, 3.05) is 6.61 Å². The molecule has 1 atom stereocenters. The highest BCUT2D eigenvalue weighted by molar-refractivity contribution is 5.85. The van der Waals surface area contributed by atoms with Crippen LogP contribution in [0, 0.1) is 12.7 Å². The normalized spacial score (nSPS) is 11.2. The Morgan fingerprint density at radius 3 is 2.76 bits per heavy atom. The topological polar surface area (TPSA) is 81.4 Å². The van der Waals surface area contributed by atoms with Gasteiger partial charge in [0.2, 0.25) is 5.91 Å². The Bertz CT molecular complexity index is 740. The third-order valence-corrected chi connectivity index (χ3v) is 3.42. The number of nitrogens with one attached hydrogen (secondary N) is 1. The van der Waals surface area contributed by atoms with E-state index in [1.54, 1.807) is 43.3 Å². The van der Waals surface area contributed by atoms with Crippen molar-refractivity contribution in [3.63, 3.8) is 0 Å². The minimum atomic E-state index is -0.904. The lowest BCUT2D eigenvalue weighted by Gasteiger charge is -2.14. The zero-order valence-electron chi connectivity index (χ0n) is 13.7. The Morgan fingerprint density at radius 1 is 1.32 bits per heavy atom. The van der Waals surface area contributed by atoms with Crippen molar-refractivity contribution in [2.24, 2.45) is 5.73 Å². The first-order valence-electron chi connectivity index (χ1n) is 7.46. The zero-order valence-corrected chi connectivity index (χ0v) is 14.5. The second-order valence-corrected chi connectivity index (χ2v) is 5.42. The lowest BCUT2D eigenvalue weighted by Crippen LogP contribution is -2.44. The van der Waals surface area contributed by atoms with E-state index < -0.39 is 11.9 Å². The van der Waals surface area contributed by atoms with Gasteiger partial charge in [0.05, 0.1) is 0 Å². The minimum Gasteiger partial charge on any atom is -0.491 e. The maximum absolute atomic E-state index is 13.7. The van der Waals surface area contributed by atoms with Crippen LogP contribution in [0.3, 0.4) is 0 Å². The SMILES string of the molecule is Cc1ccc(CNC(=O)C(N)COc2cccc(C=O)c2)c(F)c1.Cl. The van der Waals surface area contributed by atoms with E-state index in [0.717, 1.165) is 5.56 Å². The van der Waals surface area contributed by atoms with Crippen LogP contribution in [0.2, 0.25) is 0 Å². The molecule has 2 rings (SSSR count). The van der Waals surface area contributed by atoms with Crippen LogP contribution in [-0.4, -0.2) is 24.8 Å². The number of ether oxygens (including phenoxy) is 1. The fourth-order valence-corrected chi connectivity index (χ4v) is 2.05. The molecule has 7 heteroatoms. The standard InChI is InChI=1S/C18H19FN2O3.ClH/c1-12-5-6-14(16(19)7-12)9-21-18(23)17(20)11-24-15-4-2-3-13(8-15)10-22;/h2-8,10,17H,9,11,20H2,1H3,(H,21,23);1H. The molecule has 1 amide bonds. The molecule has 0 fully saturated rings. The summed E-state index contributed by atoms with van der Waals surface area (Å²) in [5, 5.41) is 2.58. The fourth-order valence-electron chi connectivity index (χ4n) is 2.05. The molecule has 0 saturated heterocycles. The molecule has 0 aromatic heterocycles. The van der Waals surface area contributed by atoms with E-state index in [2.05, 4.69) is 5.32 Å². The van der Waals surface area contributed by atoms with Gasteiger partial charge in [0.1, 0.15) is 30.5 Å². The van der Waals surface area contributed by atoms with Crippen LogP contribution in [0.15, 0.2) is 42.5 Å². The highest BCUT2D eigenvalue weighted by atomic mass is 35.5. The van der Waals surface area contributed by atoms with Gasteiger partial charge in [-0.3, -0.25) is 9.59 Å². The highest BCUT2D eigenvalue weighted by Crippen LogP contribution is 2.12. The number of aldehydes is 1. The van der Waals surface area contributed by atoms with E-state index in [-0.39, 0.29) is 31.4 Å². The number of amides is 1. The second kappa shape index (κ2) is 9.76. The van der Waals surface area contributed by atoms with Gasteiger partial charge in [0.15, 0.2) is 0 Å². The van der Waals surface area contributed by atoms with Gasteiger partial charge in [0.25, 0.3) is 0 Å². The molecule has 2 aromatic carbocycles. The van der Waals surface area contributed by atoms with Crippen LogP contribution < -0.4 is 15.8 Å². The molecular weight excluding hydrogens is 347 g/mol. The molecule has 0 saturated carbocycles. The molecule has 3 N–H and O–H groups in total. The summed E-state index contributed by atoms with van der Waals surface area (Å²) in [4.78, 5) is 22.6. The average molecular weight is 367 g/mol. The third kappa shape index (κ3) is 6.17. The molecule has 2 aromatic rings. The predicted octanol–water partition coefficient (Wildman–Crippen LogP) is 2.39. The highest BCUT2D eigenvalue weighted by Gasteiger charge is 2.15. The van der Waals surface area contributed by atoms with Gasteiger partial charge in [-0.1, -0.05) is 24.3 Å². The van der Waals surface area contributed by atoms with Crippen LogP contribution in [0.1, 0.15) is 21.5 Å². The molecule has 1 unspecified atom stereocenters. The number of carbonyl (C=O) groups is 2. The smallest absolute Gasteiger partial charge is 0.240 e. The Kier molecular flexibility index (Phi) is 8.04. The fraction of sp³-hybridized carbons (Fsp3) is 0.222. The van der Waals surface area contributed by atoms with E-state index >= 15 is 0 Å². The number of nitrogens with two attached hydrogens (primary N) is 1. The Morgan fingerprint density at radius 2 is 2.08 bits per heavy atom. The van der Waals surface area contributed by atoms with E-state index in [1.165, 1.54) is 6.07 Å². The molecule has 0 aliphatic carbocycles. The lowest BCUT2D eigenvalue weighted by atomic mass is 10.1. The van der Waals surface area contributed by atoms with E-state index in [0.29, 0.717) is 23.2 Å². The molecule has 0 bridgehead atoms. The Hall–Kier alpha value is -2.44. The summed E-state index contributed by atoms with van der Waals surface area (Å²) in [6.07, 6.45) is 0.704. The molecule has 5 nitrogen and oxygen atoms in total. The maximum atomic E-state index is 13.7. The monoisotopic (exact) mass is 366 g/mol. The van der Waals surface area contributed by atoms with Crippen molar-refractivity contribution in [1.82, 2.24) is 5.32 Å². The van der Waals surface area contributed by atoms with Gasteiger partial charge < -0.3 is 15.8 Å². The van der Waals surface area contributed by atoms with Crippen LogP contribution in [0.5, 0.6) is 5.75 Å². The van der Waals surface area contributed by atoms with Gasteiger partial charge in [-0.25, -0.2) is 4.39 Å². The van der Waals surface area contributed by atoms with Crippen LogP contribution >= 0.6 is 12.4 Å². The summed E-state index contributed by atoms with van der Waals surface area (Å²) in [7, 11) is 0. The van der Waals surface area contributed by atoms with Crippen molar-refractivity contribution in [1.29, 1.82) is 0 Å². The quantitative estimate of drug-likeness (QED) is 0.737. The van der Waals surface area contributed by atoms with Gasteiger partial charge in [-0.2, -0.15) is 0 Å². The summed E-state index contributed by atoms with van der Waals surface area (Å²) < 4.78 is 19.1. The lowest BCUT2D eigenvalue weighted by molar-refractivity contribution is -0.123. The molecule has 25 heavy (non-hydrogen) atoms. The molecular formula is C18H20ClFN2O3. The summed E-state index contributed by atoms with van der Waals surface area (Å²) >= 11 is 0. The zero-order chi connectivity index (χ0) is 17.5. The van der Waals surface area contributed by atoms with E-state index in [9.17, 15) is 14.0 Å². The van der Waals surface area contributed by atoms with Gasteiger partial charge in [-0.15, -0.1) is 12.4 Å². The number of hydrogen-bond acceptors (Lipinski definition) is 4. The number of carbonyl (C=O) groups excluding carboxylic acids is 2. The molecule has 0 spiro atoms. The van der Waals surface area contributed by atoms with E-state index in [4.69, 9.17) is 10.5 Å². The number of benzene rings is 2. The minimum absolute atomic E-state index is 0. The van der Waals surface area contributed by atoms with Crippen LogP contribution in [-0.2, 0) is 11.3 Å². The number of hydrogen-bond donors (Lipinski definition) is 2. The van der Waals surface area contributed by atoms with Crippen molar-refractivity contribution in [3.8, 4) is 5.75 Å². The van der Waals surface area contributed by atoms with Crippen LogP contribution in [0.4, 0.5) is 4.39 Å². The first-order valence-corrected chi connectivity index (χ1v) is 7.46. The van der Waals surface area contributed by atoms with Gasteiger partial charge in [0, 0.05) is 17.7 Å². The summed E-state index contributed by atoms with van der Waals surface area (Å²) in [5.74, 6) is -0.361. The molecule has 0 aliphatic heterocycles. The van der Waals surface area contributed by atoms with Crippen LogP contribution in [0.25, 0.3) is 0 Å². The Labute approximate surface area is 151 Å². The van der Waals surface area contributed by atoms with Gasteiger partial charge >= 0.3 is 0 Å². The largest absolute Gasteiger partial charge is 0.491 e. The Balaban J connectivity index is 0.00000312. The number of aryl methyl sites for hydroxylation is 1. The van der Waals surface area contributed by atoms with Crippen molar-refractivity contribution in [3.05, 3.63) is 65.0 Å². The summed E-state index contributed by atoms with van der Waals surface area (Å²) in [5.41, 5.74) is 7.43. The molecule has 0 radical (unpaired) electrons. The first kappa shape index (κ1) is 20.6.